The second kappa shape index (κ2) is 2.98. The van der Waals surface area contributed by atoms with Gasteiger partial charge >= 0.3 is 0 Å². The number of nitrogens with one attached hydrogen (secondary N) is 1. The molecular weight excluding hydrogens is 194 g/mol. The molecule has 0 atom stereocenters. The third kappa shape index (κ3) is 1.12. The second-order valence-electron chi connectivity index (χ2n) is 4.67. The molecule has 0 radical (unpaired) electrons. The SMILES string of the molecule is Clc1ccccc1C12CNCC(C1)C2. The molecule has 1 nitrogen and oxygen atoms in total. The molecule has 3 aliphatic rings. The van der Waals surface area contributed by atoms with Crippen LogP contribution in [0.5, 0.6) is 0 Å². The van der Waals surface area contributed by atoms with Crippen molar-refractivity contribution < 1.29 is 0 Å². The van der Waals surface area contributed by atoms with Crippen molar-refractivity contribution in [2.75, 3.05) is 13.1 Å². The first kappa shape index (κ1) is 8.75. The molecule has 1 saturated carbocycles. The zero-order valence-electron chi connectivity index (χ0n) is 8.09. The van der Waals surface area contributed by atoms with E-state index in [1.807, 2.05) is 12.1 Å². The molecule has 0 spiro atoms. The van der Waals surface area contributed by atoms with Gasteiger partial charge in [-0.2, -0.15) is 0 Å². The Balaban J connectivity index is 1.99. The molecule has 3 fully saturated rings. The fourth-order valence-electron chi connectivity index (χ4n) is 3.06. The van der Waals surface area contributed by atoms with Crippen LogP contribution in [0, 0.1) is 5.92 Å². The van der Waals surface area contributed by atoms with Crippen LogP contribution in [0.4, 0.5) is 0 Å². The van der Waals surface area contributed by atoms with Crippen molar-refractivity contribution in [2.24, 2.45) is 5.92 Å². The van der Waals surface area contributed by atoms with Gasteiger partial charge in [-0.25, -0.2) is 0 Å². The maximum Gasteiger partial charge on any atom is 0.0444 e. The Morgan fingerprint density at radius 1 is 1.29 bits per heavy atom. The van der Waals surface area contributed by atoms with E-state index >= 15 is 0 Å². The molecule has 2 heteroatoms. The summed E-state index contributed by atoms with van der Waals surface area (Å²) in [5.41, 5.74) is 1.71. The van der Waals surface area contributed by atoms with E-state index in [0.717, 1.165) is 17.5 Å². The van der Waals surface area contributed by atoms with Crippen LogP contribution in [-0.4, -0.2) is 13.1 Å². The molecule has 2 bridgehead atoms. The quantitative estimate of drug-likeness (QED) is 0.747. The van der Waals surface area contributed by atoms with E-state index in [2.05, 4.69) is 17.4 Å². The lowest BCUT2D eigenvalue weighted by molar-refractivity contribution is 0.0902. The lowest BCUT2D eigenvalue weighted by atomic mass is 9.56. The highest BCUT2D eigenvalue weighted by molar-refractivity contribution is 6.31. The van der Waals surface area contributed by atoms with Crippen LogP contribution in [0.25, 0.3) is 0 Å². The van der Waals surface area contributed by atoms with Gasteiger partial charge in [0, 0.05) is 17.0 Å². The summed E-state index contributed by atoms with van der Waals surface area (Å²) < 4.78 is 0. The van der Waals surface area contributed by atoms with Gasteiger partial charge in [-0.1, -0.05) is 29.8 Å². The molecule has 14 heavy (non-hydrogen) atoms. The van der Waals surface area contributed by atoms with Gasteiger partial charge in [0.1, 0.15) is 0 Å². The van der Waals surface area contributed by atoms with Gasteiger partial charge in [0.05, 0.1) is 0 Å². The minimum Gasteiger partial charge on any atom is -0.316 e. The molecule has 1 aromatic carbocycles. The number of rotatable bonds is 1. The predicted molar refractivity (Wildman–Crippen MR) is 58.7 cm³/mol. The lowest BCUT2D eigenvalue weighted by Gasteiger charge is -2.53. The first-order valence-corrected chi connectivity index (χ1v) is 5.64. The maximum absolute atomic E-state index is 6.24. The van der Waals surface area contributed by atoms with Crippen LogP contribution < -0.4 is 5.32 Å². The van der Waals surface area contributed by atoms with Gasteiger partial charge < -0.3 is 5.32 Å². The van der Waals surface area contributed by atoms with E-state index in [9.17, 15) is 0 Å². The van der Waals surface area contributed by atoms with E-state index in [1.165, 1.54) is 24.9 Å². The van der Waals surface area contributed by atoms with Gasteiger partial charge in [0.25, 0.3) is 0 Å². The minimum atomic E-state index is 0.362. The maximum atomic E-state index is 6.24. The van der Waals surface area contributed by atoms with Gasteiger partial charge in [0.15, 0.2) is 0 Å². The Labute approximate surface area is 89.5 Å². The average Bonchev–Trinajstić information content (AvgIpc) is 2.18. The van der Waals surface area contributed by atoms with Crippen molar-refractivity contribution in [1.82, 2.24) is 5.32 Å². The minimum absolute atomic E-state index is 0.362. The van der Waals surface area contributed by atoms with E-state index in [0.29, 0.717) is 5.41 Å². The number of hydrogen-bond acceptors (Lipinski definition) is 1. The normalized spacial score (nSPS) is 35.1. The van der Waals surface area contributed by atoms with Crippen molar-refractivity contribution >= 4 is 11.6 Å². The molecule has 1 N–H and O–H groups in total. The smallest absolute Gasteiger partial charge is 0.0444 e. The Bertz CT molecular complexity index is 350. The van der Waals surface area contributed by atoms with Gasteiger partial charge in [-0.15, -0.1) is 0 Å². The Hall–Kier alpha value is -0.530. The lowest BCUT2D eigenvalue weighted by Crippen LogP contribution is -2.57. The van der Waals surface area contributed by atoms with E-state index in [4.69, 9.17) is 11.6 Å². The highest BCUT2D eigenvalue weighted by atomic mass is 35.5. The summed E-state index contributed by atoms with van der Waals surface area (Å²) in [7, 11) is 0. The summed E-state index contributed by atoms with van der Waals surface area (Å²) >= 11 is 6.24. The molecule has 0 amide bonds. The van der Waals surface area contributed by atoms with E-state index < -0.39 is 0 Å². The molecule has 74 valence electrons. The zero-order chi connectivity index (χ0) is 9.60. The van der Waals surface area contributed by atoms with Crippen molar-refractivity contribution in [2.45, 2.75) is 18.3 Å². The summed E-state index contributed by atoms with van der Waals surface area (Å²) in [5, 5.41) is 4.43. The summed E-state index contributed by atoms with van der Waals surface area (Å²) in [4.78, 5) is 0. The second-order valence-corrected chi connectivity index (χ2v) is 5.07. The van der Waals surface area contributed by atoms with Crippen molar-refractivity contribution in [3.63, 3.8) is 0 Å². The number of halogens is 1. The average molecular weight is 208 g/mol. The topological polar surface area (TPSA) is 12.0 Å². The Morgan fingerprint density at radius 3 is 2.71 bits per heavy atom. The molecule has 1 aromatic rings. The molecule has 2 saturated heterocycles. The molecule has 4 rings (SSSR count). The summed E-state index contributed by atoms with van der Waals surface area (Å²) in [5.74, 6) is 0.889. The predicted octanol–water partition coefficient (Wildman–Crippen LogP) is 2.59. The molecule has 2 aliphatic heterocycles. The molecule has 0 aromatic heterocycles. The first-order valence-electron chi connectivity index (χ1n) is 5.26. The molecule has 1 aliphatic carbocycles. The largest absolute Gasteiger partial charge is 0.316 e. The monoisotopic (exact) mass is 207 g/mol. The molecular formula is C12H14ClN. The molecule has 0 unspecified atom stereocenters. The van der Waals surface area contributed by atoms with Crippen molar-refractivity contribution in [3.05, 3.63) is 34.9 Å². The number of hydrogen-bond donors (Lipinski definition) is 1. The van der Waals surface area contributed by atoms with Crippen LogP contribution in [0.3, 0.4) is 0 Å². The van der Waals surface area contributed by atoms with Crippen LogP contribution in [0.1, 0.15) is 18.4 Å². The van der Waals surface area contributed by atoms with Gasteiger partial charge in [-0.3, -0.25) is 0 Å². The standard InChI is InChI=1S/C12H14ClN/c13-11-4-2-1-3-10(11)12-5-9(6-12)7-14-8-12/h1-4,9,14H,5-8H2. The highest BCUT2D eigenvalue weighted by Crippen LogP contribution is 2.51. The number of piperidine rings is 2. The van der Waals surface area contributed by atoms with Crippen molar-refractivity contribution in [1.29, 1.82) is 0 Å². The van der Waals surface area contributed by atoms with Crippen LogP contribution in [0.2, 0.25) is 5.02 Å². The zero-order valence-corrected chi connectivity index (χ0v) is 8.85. The van der Waals surface area contributed by atoms with Crippen LogP contribution >= 0.6 is 11.6 Å². The molecule has 2 heterocycles. The van der Waals surface area contributed by atoms with Crippen LogP contribution in [0.15, 0.2) is 24.3 Å². The number of benzene rings is 1. The third-order valence-electron chi connectivity index (χ3n) is 3.70. The Morgan fingerprint density at radius 2 is 2.07 bits per heavy atom. The van der Waals surface area contributed by atoms with E-state index in [1.54, 1.807) is 0 Å². The fraction of sp³-hybridized carbons (Fsp3) is 0.500. The number of fused-ring (bicyclic) bond motifs is 2. The van der Waals surface area contributed by atoms with Crippen molar-refractivity contribution in [3.8, 4) is 0 Å². The summed E-state index contributed by atoms with van der Waals surface area (Å²) in [6.07, 6.45) is 2.65. The first-order chi connectivity index (χ1) is 6.80. The summed E-state index contributed by atoms with van der Waals surface area (Å²) in [6, 6.07) is 8.30. The van der Waals surface area contributed by atoms with Crippen LogP contribution in [-0.2, 0) is 5.41 Å². The fourth-order valence-corrected chi connectivity index (χ4v) is 3.39. The highest BCUT2D eigenvalue weighted by Gasteiger charge is 2.48. The van der Waals surface area contributed by atoms with E-state index in [-0.39, 0.29) is 0 Å². The third-order valence-corrected chi connectivity index (χ3v) is 4.03. The van der Waals surface area contributed by atoms with Gasteiger partial charge in [-0.05, 0) is 36.9 Å². The van der Waals surface area contributed by atoms with Gasteiger partial charge in [0.2, 0.25) is 0 Å². The summed E-state index contributed by atoms with van der Waals surface area (Å²) in [6.45, 7) is 2.30. The Kier molecular flexibility index (Phi) is 1.86.